The van der Waals surface area contributed by atoms with Crippen LogP contribution in [-0.4, -0.2) is 270 Å². The van der Waals surface area contributed by atoms with E-state index in [1.807, 2.05) is 86.9 Å². The molecule has 138 heavy (non-hydrogen) atoms. The minimum atomic E-state index is -3.81. The Balaban J connectivity index is 0.000000265. The largest absolute Gasteiger partial charge is 0.379 e. The quantitative estimate of drug-likeness (QED) is 0.0203. The van der Waals surface area contributed by atoms with Crippen molar-refractivity contribution in [1.29, 1.82) is 0 Å². The van der Waals surface area contributed by atoms with Crippen LogP contribution in [-0.2, 0) is 116 Å². The summed E-state index contributed by atoms with van der Waals surface area (Å²) in [6, 6.07) is 43.4. The summed E-state index contributed by atoms with van der Waals surface area (Å²) < 4.78 is 154. The summed E-state index contributed by atoms with van der Waals surface area (Å²) >= 11 is 38.5. The van der Waals surface area contributed by atoms with Gasteiger partial charge in [-0.25, -0.2) is 43.1 Å². The molecule has 38 heteroatoms. The number of amides is 2. The zero-order chi connectivity index (χ0) is 99.1. The number of fused-ring (bicyclic) bond motifs is 4. The maximum atomic E-state index is 13.1. The highest BCUT2D eigenvalue weighted by Crippen LogP contribution is 2.45. The minimum Gasteiger partial charge on any atom is -0.379 e. The number of nitrogens with zero attached hydrogens (tertiary/aromatic N) is 4. The second kappa shape index (κ2) is 54.5. The molecule has 4 atom stereocenters. The average Bonchev–Trinajstić information content (AvgIpc) is 0.768. The zero-order valence-corrected chi connectivity index (χ0v) is 86.7. The van der Waals surface area contributed by atoms with Crippen molar-refractivity contribution in [2.24, 2.45) is 0 Å². The predicted molar refractivity (Wildman–Crippen MR) is 539 cm³/mol. The molecule has 28 nitrogen and oxygen atoms in total. The van der Waals surface area contributed by atoms with E-state index >= 15 is 0 Å². The first-order valence-electron chi connectivity index (χ1n) is 46.4. The number of Topliss-reactive ketones (excluding diaryl/α,β-unsaturated/α-hetero) is 2. The lowest BCUT2D eigenvalue weighted by Gasteiger charge is -2.35. The van der Waals surface area contributed by atoms with E-state index in [-0.39, 0.29) is 204 Å². The maximum absolute atomic E-state index is 13.1. The Hall–Kier alpha value is -7.14. The number of rotatable bonds is 54. The number of ketones is 2. The van der Waals surface area contributed by atoms with Gasteiger partial charge in [0, 0.05) is 191 Å². The molecule has 0 fully saturated rings. The SMILES string of the molecule is Cc1cc(Cl)cc2c1CN(C)CC2c1ccc(S(=O)(=O)CCCOCCOCCNC(=O)CCC(=O)CCCOCCOCCNS(=O)(=O)c2cccc(C3CN(C)Cc4c(Cl)cc(Cl)cc43)c2)cc1.Cc1cc(Cl)cc2c1N(C)CCC2c1ccc(S(=O)(=O)CCCOCCOCCNC(=O)C(=O)CCCOCCOCCNS(=O)(=O)c2cccc(C3CN(C)Cc4c(Cl)cc(Cl)cc43)c2)cc1. The molecule has 0 spiro atoms. The summed E-state index contributed by atoms with van der Waals surface area (Å²) in [4.78, 5) is 58.6. The van der Waals surface area contributed by atoms with Crippen LogP contribution in [0.4, 0.5) is 5.69 Å². The summed E-state index contributed by atoms with van der Waals surface area (Å²) in [5, 5.41) is 8.94. The first-order valence-corrected chi connectivity index (χ1v) is 55.0. The molecule has 4 unspecified atom stereocenters. The zero-order valence-electron chi connectivity index (χ0n) is 78.9. The number of hydrogen-bond acceptors (Lipinski definition) is 24. The number of aryl methyl sites for hydroxylation is 2. The van der Waals surface area contributed by atoms with Gasteiger partial charge < -0.3 is 68.1 Å². The number of carbonyl (C=O) groups excluding carboxylic acids is 4. The van der Waals surface area contributed by atoms with Crippen LogP contribution in [0.3, 0.4) is 0 Å². The van der Waals surface area contributed by atoms with Gasteiger partial charge in [0.05, 0.1) is 110 Å². The summed E-state index contributed by atoms with van der Waals surface area (Å²) in [5.74, 6) is -1.58. The lowest BCUT2D eigenvalue weighted by Crippen LogP contribution is -2.33. The van der Waals surface area contributed by atoms with Crippen molar-refractivity contribution in [3.8, 4) is 0 Å². The van der Waals surface area contributed by atoms with Gasteiger partial charge in [-0.05, 0) is 236 Å². The van der Waals surface area contributed by atoms with E-state index in [0.717, 1.165) is 87.3 Å². The summed E-state index contributed by atoms with van der Waals surface area (Å²) in [6.45, 7) is 14.0. The molecule has 0 saturated heterocycles. The Morgan fingerprint density at radius 2 is 0.739 bits per heavy atom. The van der Waals surface area contributed by atoms with Crippen molar-refractivity contribution in [3.63, 3.8) is 0 Å². The van der Waals surface area contributed by atoms with Gasteiger partial charge in [0.1, 0.15) is 5.78 Å². The molecule has 4 N–H and O–H groups in total. The molecule has 8 aromatic rings. The maximum Gasteiger partial charge on any atom is 0.287 e. The van der Waals surface area contributed by atoms with Crippen LogP contribution in [0.1, 0.15) is 154 Å². The summed E-state index contributed by atoms with van der Waals surface area (Å²) in [6.07, 6.45) is 2.94. The van der Waals surface area contributed by atoms with Crippen LogP contribution in [0.15, 0.2) is 165 Å². The van der Waals surface area contributed by atoms with Crippen molar-refractivity contribution >= 4 is 138 Å². The van der Waals surface area contributed by atoms with Gasteiger partial charge in [0.2, 0.25) is 31.7 Å². The van der Waals surface area contributed by atoms with Crippen LogP contribution in [0.5, 0.6) is 0 Å². The number of carbonyl (C=O) groups is 4. The standard InChI is InChI=1S/C51H65Cl3N4O10S2.C49H61Cl3N4O10S2/c1-36-27-39(52)29-44-46(36)32-57(2)33-47(44)37-10-13-42(14-11-37)69(61,62)26-6-19-66-23-24-67-20-16-55-51(60)15-12-41(59)8-5-18-65-22-25-68-21-17-56-70(63,64)43-9-4-7-38(28-43)48-34-58(3)35-49-45(48)30-40(53)31-50(49)54;1-34-27-37(50)30-43-41(14-17-56(3)48(34)43)35-10-12-39(13-11-35)67(59,60)26-6-19-64-23-24-65-20-15-53-49(58)47(57)9-5-18-63-22-25-66-21-16-54-68(61,62)40-8-4-7-36(28-40)44-32-55(2)33-45-42(44)29-38(51)31-46(45)52/h4,7,9-11,13-14,27-31,47-48,56H,5-6,8,12,15-26,32-35H2,1-3H3,(H,55,60);4,7-8,10-13,27-31,41,44,54H,5-6,9,14-26,32-33H2,1-3H3,(H,53,58). The number of hydrogen-bond donors (Lipinski definition) is 4. The third-order valence-electron chi connectivity index (χ3n) is 24.4. The van der Waals surface area contributed by atoms with E-state index in [1.54, 1.807) is 72.8 Å². The topological polar surface area (TPSA) is 340 Å². The van der Waals surface area contributed by atoms with Crippen LogP contribution in [0.2, 0.25) is 30.1 Å². The fourth-order valence-electron chi connectivity index (χ4n) is 17.5. The number of halogens is 6. The second-order valence-electron chi connectivity index (χ2n) is 35.0. The number of nitrogens with one attached hydrogen (secondary N) is 4. The van der Waals surface area contributed by atoms with E-state index < -0.39 is 51.4 Å². The Bertz CT molecular complexity index is 5920. The highest BCUT2D eigenvalue weighted by molar-refractivity contribution is 7.91. The van der Waals surface area contributed by atoms with Crippen LogP contribution >= 0.6 is 69.6 Å². The van der Waals surface area contributed by atoms with Gasteiger partial charge in [0.25, 0.3) is 5.91 Å². The van der Waals surface area contributed by atoms with Gasteiger partial charge in [0.15, 0.2) is 19.7 Å². The molecule has 0 radical (unpaired) electrons. The van der Waals surface area contributed by atoms with E-state index in [2.05, 4.69) is 67.6 Å². The first-order chi connectivity index (χ1) is 66.0. The lowest BCUT2D eigenvalue weighted by molar-refractivity contribution is -0.138. The fraction of sp³-hybridized carbons (Fsp3) is 0.480. The van der Waals surface area contributed by atoms with Crippen molar-refractivity contribution in [1.82, 2.24) is 34.8 Å². The molecular weight excluding hydrogens is 1970 g/mol. The Labute approximate surface area is 842 Å². The van der Waals surface area contributed by atoms with Gasteiger partial charge in [-0.2, -0.15) is 0 Å². The first kappa shape index (κ1) is 111. The van der Waals surface area contributed by atoms with E-state index in [1.165, 1.54) is 16.8 Å². The highest BCUT2D eigenvalue weighted by Gasteiger charge is 2.34. The molecule has 4 aliphatic heterocycles. The molecule has 752 valence electrons. The van der Waals surface area contributed by atoms with E-state index in [0.29, 0.717) is 102 Å². The normalized spacial score (nSPS) is 16.4. The minimum absolute atomic E-state index is 0.0137. The van der Waals surface area contributed by atoms with Gasteiger partial charge in [-0.3, -0.25) is 19.2 Å². The van der Waals surface area contributed by atoms with E-state index in [4.69, 9.17) is 108 Å². The fourth-order valence-corrected chi connectivity index (χ4v) is 23.9. The third kappa shape index (κ3) is 33.5. The Kier molecular flexibility index (Phi) is 43.9. The molecule has 0 bridgehead atoms. The van der Waals surface area contributed by atoms with Gasteiger partial charge >= 0.3 is 0 Å². The molecule has 0 saturated carbocycles. The number of sulfonamides is 2. The Morgan fingerprint density at radius 1 is 0.362 bits per heavy atom. The van der Waals surface area contributed by atoms with Crippen LogP contribution < -0.4 is 25.0 Å². The summed E-state index contributed by atoms with van der Waals surface area (Å²) in [7, 11) is -6.40. The summed E-state index contributed by atoms with van der Waals surface area (Å²) in [5.41, 5.74) is 14.9. The second-order valence-corrected chi connectivity index (χ2v) is 45.3. The molecule has 4 heterocycles. The molecule has 0 aliphatic carbocycles. The molecule has 8 aromatic carbocycles. The Morgan fingerprint density at radius 3 is 1.20 bits per heavy atom. The van der Waals surface area contributed by atoms with Crippen LogP contribution in [0, 0.1) is 13.8 Å². The van der Waals surface area contributed by atoms with E-state index in [9.17, 15) is 52.8 Å². The number of benzene rings is 8. The lowest BCUT2D eigenvalue weighted by atomic mass is 9.83. The van der Waals surface area contributed by atoms with Gasteiger partial charge in [-0.15, -0.1) is 0 Å². The van der Waals surface area contributed by atoms with Crippen molar-refractivity contribution in [2.75, 3.05) is 203 Å². The van der Waals surface area contributed by atoms with Crippen LogP contribution in [0.25, 0.3) is 0 Å². The molecule has 12 rings (SSSR count). The smallest absolute Gasteiger partial charge is 0.287 e. The van der Waals surface area contributed by atoms with Crippen molar-refractivity contribution in [2.45, 2.75) is 135 Å². The van der Waals surface area contributed by atoms with Gasteiger partial charge in [-0.1, -0.05) is 118 Å². The predicted octanol–water partition coefficient (Wildman–Crippen LogP) is 14.7. The average molecular weight is 2100 g/mol. The highest BCUT2D eigenvalue weighted by atomic mass is 35.5. The molecule has 0 aromatic heterocycles. The number of likely N-dealkylation sites (N-methyl/N-ethyl adjacent to an activating group) is 3. The number of anilines is 1. The number of ether oxygens (including phenoxy) is 8. The monoisotopic (exact) mass is 2100 g/mol. The third-order valence-corrected chi connectivity index (χ3v) is 32.5. The number of sulfone groups is 2. The molecule has 2 amide bonds. The molecule has 4 aliphatic rings. The molecular formula is C100H126Cl6N8O20S4. The van der Waals surface area contributed by atoms with Crippen molar-refractivity contribution < 1.29 is 90.7 Å². The van der Waals surface area contributed by atoms with Crippen molar-refractivity contribution in [3.05, 3.63) is 248 Å².